The molecule has 1 N–H and O–H groups in total. The van der Waals surface area contributed by atoms with E-state index in [2.05, 4.69) is 179 Å². The van der Waals surface area contributed by atoms with E-state index in [1.165, 1.54) is 44.0 Å². The third-order valence-electron chi connectivity index (χ3n) is 22.6. The molecular weight excluding hydrogens is 1870 g/mol. The highest BCUT2D eigenvalue weighted by molar-refractivity contribution is 7.95. The number of aldehydes is 1. The van der Waals surface area contributed by atoms with Crippen LogP contribution in [0.25, 0.3) is 0 Å². The topological polar surface area (TPSA) is 286 Å². The molecule has 0 radical (unpaired) electrons. The number of cyclic esters (lactones) is 4. The van der Waals surface area contributed by atoms with Crippen molar-refractivity contribution in [3.05, 3.63) is 203 Å². The molecule has 0 saturated carbocycles. The number of hydrogen-bond donors (Lipinski definition) is 1. The predicted molar refractivity (Wildman–Crippen MR) is 513 cm³/mol. The summed E-state index contributed by atoms with van der Waals surface area (Å²) in [5, 5.41) is 13.1. The van der Waals surface area contributed by atoms with E-state index in [1.54, 1.807) is 28.1 Å². The van der Waals surface area contributed by atoms with Gasteiger partial charge in [0.1, 0.15) is 130 Å². The number of carbonyl (C=O) groups excluding carboxylic acids is 8. The lowest BCUT2D eigenvalue weighted by atomic mass is 9.94. The van der Waals surface area contributed by atoms with Crippen LogP contribution in [0.3, 0.4) is 0 Å². The second kappa shape index (κ2) is 48.5. The lowest BCUT2D eigenvalue weighted by Crippen LogP contribution is -2.34. The van der Waals surface area contributed by atoms with Crippen LogP contribution in [0.15, 0.2) is 114 Å². The van der Waals surface area contributed by atoms with Crippen molar-refractivity contribution in [1.82, 2.24) is 0 Å². The molecule has 0 bridgehead atoms. The molecule has 0 aromatic heterocycles. The molecule has 0 atom stereocenters. The van der Waals surface area contributed by atoms with Crippen LogP contribution in [0.4, 0.5) is 39.5 Å². The monoisotopic (exact) mass is 2000 g/mol. The fraction of sp³-hybridized carbons (Fsp3) is 0.455. The molecule has 0 spiro atoms. The maximum Gasteiger partial charge on any atom is 0.461 e. The van der Waals surface area contributed by atoms with Crippen LogP contribution in [-0.4, -0.2) is 185 Å². The van der Waals surface area contributed by atoms with Crippen LogP contribution in [0.5, 0.6) is 46.0 Å². The fourth-order valence-corrected chi connectivity index (χ4v) is 22.5. The lowest BCUT2D eigenvalue weighted by Gasteiger charge is -2.29. The SMILES string of the molecule is CCOC(=O)/C(=C/Cc1c(OC)c(C)c2c(c1OCC[Si](C)(C)C)C(=O)OC2)C(F)(F)F.CCOC(=O)C(=O)C(F)(F)F.COc1c(C)c2c(c(OCC[Si](C)(C)C)c1C/C=C(/CO)C(F)(F)F)C(=O)OC2.COc1c(C)c2c(c(OCC[Si](C)(C)C)c1CC=O)C(=O)OC2.COc1c(C)c2c(c(OCC[Si](C)(C)C)c1CC[P+](c1ccccc1)(c1ccccc1)c1ccccc1)C(=O)OC2. The van der Waals surface area contributed by atoms with Crippen molar-refractivity contribution < 1.29 is 149 Å². The summed E-state index contributed by atoms with van der Waals surface area (Å²) in [6, 6.07) is 36.2. The smallest absolute Gasteiger partial charge is 0.461 e. The summed E-state index contributed by atoms with van der Waals surface area (Å²) in [4.78, 5) is 93.0. The third kappa shape index (κ3) is 28.9. The van der Waals surface area contributed by atoms with Crippen LogP contribution < -0.4 is 53.8 Å². The molecule has 0 amide bonds. The van der Waals surface area contributed by atoms with Gasteiger partial charge in [0.05, 0.1) is 86.4 Å². The summed E-state index contributed by atoms with van der Waals surface area (Å²) in [5.41, 5.74) is 7.10. The van der Waals surface area contributed by atoms with Crippen molar-refractivity contribution >= 4 is 103 Å². The minimum absolute atomic E-state index is 0.0352. The molecule has 742 valence electrons. The summed E-state index contributed by atoms with van der Waals surface area (Å²) < 4.78 is 190. The first-order chi connectivity index (χ1) is 63.7. The number of alkyl halides is 9. The van der Waals surface area contributed by atoms with Crippen molar-refractivity contribution in [2.24, 2.45) is 0 Å². The van der Waals surface area contributed by atoms with Crippen molar-refractivity contribution in [3.63, 3.8) is 0 Å². The van der Waals surface area contributed by atoms with Gasteiger partial charge in [0.25, 0.3) is 0 Å². The zero-order valence-corrected chi connectivity index (χ0v) is 86.2. The minimum atomic E-state index is -5.13. The van der Waals surface area contributed by atoms with Crippen molar-refractivity contribution in [2.75, 3.05) is 80.8 Å². The van der Waals surface area contributed by atoms with E-state index in [0.717, 1.165) is 82.3 Å². The maximum atomic E-state index is 13.5. The number of rotatable bonds is 37. The number of ether oxygens (including phenoxy) is 14. The first-order valence-corrected chi connectivity index (χ1v) is 61.1. The molecule has 4 heterocycles. The number of aliphatic hydroxyl groups is 1. The summed E-state index contributed by atoms with van der Waals surface area (Å²) in [6.45, 7) is 37.6. The standard InChI is InChI=1S/C35H40O4PSi.C22H29F3O6Si.C20H27F3O5Si.C17H24O5Si.C5H5F3O3/c1-26-31-25-39-35(36)32(31)34(38-22-24-41(3,4)5)30(33(26)37-2)21-23-40(27-15-9-6-10-16-27,28-17-11-7-12-18-28)29-19-13-8-14-20-29;1-7-29-20(26)16(22(23,24)25)9-8-14-18(28-3)13(2)15-12-31-21(27)17(15)19(14)30-10-11-32(4,5)6;1-12-15-11-28-19(25)16(15)18(27-8-9-29(3,4)5)14(17(12)26-2)7-6-13(10-24)20(21,22)23;1-11-13-10-22-17(19)14(13)16(21-8-9-23(3,4)5)12(6-7-18)15(11)20-2;1-2-11-4(10)3(9)5(6,7)8/h6-20H,21-25H2,1-5H3;9H,7-8,10-12H2,1-6H3;6,24H,7-11H2,1-5H3;7H,6,8-10H2,1-5H3;2H2,1H3/q+1;;;;/b;16-9-;13-6-;;. The zero-order valence-electron chi connectivity index (χ0n) is 81.3. The van der Waals surface area contributed by atoms with E-state index in [4.69, 9.17) is 61.9 Å². The Hall–Kier alpha value is -10.8. The van der Waals surface area contributed by atoms with Crippen molar-refractivity contribution in [3.8, 4) is 46.0 Å². The van der Waals surface area contributed by atoms with Crippen molar-refractivity contribution in [2.45, 2.75) is 215 Å². The molecule has 0 aliphatic carbocycles. The summed E-state index contributed by atoms with van der Waals surface area (Å²) in [5.74, 6) is -4.11. The average Bonchev–Trinajstić information content (AvgIpc) is 0.948. The number of ketones is 1. The van der Waals surface area contributed by atoms with E-state index in [0.29, 0.717) is 106 Å². The number of aliphatic hydroxyl groups excluding tert-OH is 1. The first-order valence-electron chi connectivity index (χ1n) is 44.3. The molecule has 7 aromatic carbocycles. The summed E-state index contributed by atoms with van der Waals surface area (Å²) in [7, 11) is -1.54. The first kappa shape index (κ1) is 112. The lowest BCUT2D eigenvalue weighted by molar-refractivity contribution is -0.183. The number of hydrogen-bond acceptors (Lipinski definition) is 23. The highest BCUT2D eigenvalue weighted by Gasteiger charge is 2.49. The van der Waals surface area contributed by atoms with E-state index in [1.807, 2.05) is 13.8 Å². The van der Waals surface area contributed by atoms with Gasteiger partial charge < -0.3 is 76.2 Å². The van der Waals surface area contributed by atoms with Gasteiger partial charge in [-0.15, -0.1) is 0 Å². The molecule has 136 heavy (non-hydrogen) atoms. The molecule has 0 unspecified atom stereocenters. The van der Waals surface area contributed by atoms with Gasteiger partial charge >= 0.3 is 60.1 Å². The molecule has 23 nitrogen and oxygen atoms in total. The number of methoxy groups -OCH3 is 4. The number of allylic oxidation sites excluding steroid dienone is 2. The van der Waals surface area contributed by atoms with Gasteiger partial charge in [-0.1, -0.05) is 145 Å². The maximum absolute atomic E-state index is 13.5. The molecule has 11 rings (SSSR count). The Morgan fingerprint density at radius 1 is 0.397 bits per heavy atom. The average molecular weight is 2000 g/mol. The van der Waals surface area contributed by atoms with Crippen LogP contribution in [0.1, 0.15) is 122 Å². The number of esters is 6. The highest BCUT2D eigenvalue weighted by atomic mass is 31.2. The Balaban J connectivity index is 0.000000242. The number of halogens is 9. The number of Topliss-reactive ketones (excluding diaryl/α,β-unsaturated/α-hetero) is 1. The van der Waals surface area contributed by atoms with Crippen LogP contribution in [0.2, 0.25) is 103 Å². The zero-order chi connectivity index (χ0) is 102. The molecule has 4 aliphatic rings. The third-order valence-corrected chi connectivity index (χ3v) is 33.8. The van der Waals surface area contributed by atoms with E-state index in [9.17, 15) is 77.9 Å². The normalized spacial score (nSPS) is 13.6. The van der Waals surface area contributed by atoms with Gasteiger partial charge in [-0.3, -0.25) is 4.79 Å². The summed E-state index contributed by atoms with van der Waals surface area (Å²) >= 11 is 0. The van der Waals surface area contributed by atoms with Gasteiger partial charge in [-0.2, -0.15) is 39.5 Å². The number of benzene rings is 7. The van der Waals surface area contributed by atoms with Crippen LogP contribution >= 0.6 is 7.26 Å². The van der Waals surface area contributed by atoms with Gasteiger partial charge in [-0.05, 0) is 137 Å². The molecular formula is C99H125F9O23PSi4+. The Kier molecular flexibility index (Phi) is 40.0. The largest absolute Gasteiger partial charge is 0.496 e. The van der Waals surface area contributed by atoms with E-state index in [-0.39, 0.29) is 99.0 Å². The van der Waals surface area contributed by atoms with Crippen LogP contribution in [-0.2, 0) is 99.7 Å². The van der Waals surface area contributed by atoms with Crippen molar-refractivity contribution in [1.29, 1.82) is 0 Å². The molecule has 4 aliphatic heterocycles. The molecule has 0 saturated heterocycles. The summed E-state index contributed by atoms with van der Waals surface area (Å²) in [6.07, 6.45) is -11.1. The number of carbonyl (C=O) groups is 8. The highest BCUT2D eigenvalue weighted by Crippen LogP contribution is 2.57. The minimum Gasteiger partial charge on any atom is -0.496 e. The van der Waals surface area contributed by atoms with Gasteiger partial charge in [0.15, 0.2) is 0 Å². The predicted octanol–water partition coefficient (Wildman–Crippen LogP) is 20.1. The number of fused-ring (bicyclic) bond motifs is 4. The van der Waals surface area contributed by atoms with E-state index < -0.39 is 106 Å². The molecule has 0 fully saturated rings. The van der Waals surface area contributed by atoms with E-state index >= 15 is 0 Å². The molecule has 37 heteroatoms. The quantitative estimate of drug-likeness (QED) is 0.00436. The Labute approximate surface area is 793 Å². The second-order valence-electron chi connectivity index (χ2n) is 37.1. The van der Waals surface area contributed by atoms with Gasteiger partial charge in [0.2, 0.25) is 0 Å². The Morgan fingerprint density at radius 2 is 0.676 bits per heavy atom. The van der Waals surface area contributed by atoms with Gasteiger partial charge in [-0.25, -0.2) is 28.8 Å². The second-order valence-corrected chi connectivity index (χ2v) is 63.2. The van der Waals surface area contributed by atoms with Crippen LogP contribution in [0, 0.1) is 27.7 Å². The molecule has 7 aromatic rings. The Bertz CT molecular complexity index is 5390. The Morgan fingerprint density at radius 3 is 0.934 bits per heavy atom. The van der Waals surface area contributed by atoms with Gasteiger partial charge in [0, 0.05) is 89.6 Å². The fourth-order valence-electron chi connectivity index (χ4n) is 15.3.